The molecule has 168 valence electrons. The van der Waals surface area contributed by atoms with E-state index in [-0.39, 0.29) is 21.2 Å². The van der Waals surface area contributed by atoms with Gasteiger partial charge in [0, 0.05) is 17.5 Å². The molecule has 31 heavy (non-hydrogen) atoms. The molecule has 1 amide bonds. The molecule has 1 aliphatic rings. The Kier molecular flexibility index (Phi) is 6.48. The highest BCUT2D eigenvalue weighted by atomic mass is 32.2. The topological polar surface area (TPSA) is 102 Å². The summed E-state index contributed by atoms with van der Waals surface area (Å²) in [5.41, 5.74) is 1.83. The molecule has 1 aromatic carbocycles. The molecule has 1 aromatic heterocycles. The molecule has 0 spiro atoms. The standard InChI is InChI=1S/C22H28N2O5S2/c1-13(25)23-15-7-9-16(10-8-15)31(27,28)24-20-19(21(26)29-5)17-11-6-14(22(2,3)4)12-18(17)30-20/h7-10,14,24H,6,11-12H2,1-5H3,(H,23,25). The van der Waals surface area contributed by atoms with Crippen LogP contribution in [-0.2, 0) is 32.4 Å². The van der Waals surface area contributed by atoms with Gasteiger partial charge in [0.05, 0.1) is 17.6 Å². The number of hydrogen-bond donors (Lipinski definition) is 2. The number of methoxy groups -OCH3 is 1. The fourth-order valence-electron chi connectivity index (χ4n) is 3.82. The van der Waals surface area contributed by atoms with Crippen LogP contribution in [0.1, 0.15) is 54.9 Å². The van der Waals surface area contributed by atoms with Crippen LogP contribution >= 0.6 is 11.3 Å². The molecule has 2 aromatic rings. The molecule has 1 atom stereocenters. The maximum absolute atomic E-state index is 13.0. The quantitative estimate of drug-likeness (QED) is 0.637. The summed E-state index contributed by atoms with van der Waals surface area (Å²) in [4.78, 5) is 24.8. The van der Waals surface area contributed by atoms with Crippen LogP contribution in [0.15, 0.2) is 29.2 Å². The Labute approximate surface area is 187 Å². The molecule has 2 N–H and O–H groups in total. The fraction of sp³-hybridized carbons (Fsp3) is 0.455. The number of anilines is 2. The molecule has 1 aliphatic carbocycles. The first-order chi connectivity index (χ1) is 14.4. The number of fused-ring (bicyclic) bond motifs is 1. The minimum atomic E-state index is -3.92. The Hall–Kier alpha value is -2.39. The number of carbonyl (C=O) groups excluding carboxylic acids is 2. The first kappa shape index (κ1) is 23.3. The lowest BCUT2D eigenvalue weighted by molar-refractivity contribution is -0.114. The largest absolute Gasteiger partial charge is 0.465 e. The van der Waals surface area contributed by atoms with E-state index in [9.17, 15) is 18.0 Å². The predicted molar refractivity (Wildman–Crippen MR) is 122 cm³/mol. The van der Waals surface area contributed by atoms with Crippen LogP contribution in [0.5, 0.6) is 0 Å². The Bertz CT molecular complexity index is 1100. The minimum absolute atomic E-state index is 0.0383. The van der Waals surface area contributed by atoms with Gasteiger partial charge in [0.2, 0.25) is 5.91 Å². The van der Waals surface area contributed by atoms with Gasteiger partial charge in [-0.2, -0.15) is 0 Å². The highest BCUT2D eigenvalue weighted by Crippen LogP contribution is 2.45. The maximum atomic E-state index is 13.0. The highest BCUT2D eigenvalue weighted by Gasteiger charge is 2.35. The number of esters is 1. The van der Waals surface area contributed by atoms with Gasteiger partial charge in [-0.25, -0.2) is 13.2 Å². The van der Waals surface area contributed by atoms with Gasteiger partial charge in [-0.15, -0.1) is 11.3 Å². The van der Waals surface area contributed by atoms with Crippen LogP contribution in [0.2, 0.25) is 0 Å². The third-order valence-electron chi connectivity index (χ3n) is 5.59. The molecule has 7 nitrogen and oxygen atoms in total. The van der Waals surface area contributed by atoms with E-state index >= 15 is 0 Å². The molecule has 0 bridgehead atoms. The molecule has 0 radical (unpaired) electrons. The van der Waals surface area contributed by atoms with Crippen molar-refractivity contribution in [3.8, 4) is 0 Å². The van der Waals surface area contributed by atoms with E-state index < -0.39 is 16.0 Å². The van der Waals surface area contributed by atoms with Gasteiger partial charge in [-0.3, -0.25) is 9.52 Å². The van der Waals surface area contributed by atoms with Crippen molar-refractivity contribution in [1.29, 1.82) is 0 Å². The first-order valence-electron chi connectivity index (χ1n) is 10.1. The summed E-state index contributed by atoms with van der Waals surface area (Å²) < 4.78 is 33.5. The summed E-state index contributed by atoms with van der Waals surface area (Å²) in [6, 6.07) is 5.86. The summed E-state index contributed by atoms with van der Waals surface area (Å²) >= 11 is 1.31. The number of carbonyl (C=O) groups is 2. The lowest BCUT2D eigenvalue weighted by Gasteiger charge is -2.33. The number of amides is 1. The fourth-order valence-corrected chi connectivity index (χ4v) is 6.44. The number of nitrogens with one attached hydrogen (secondary N) is 2. The SMILES string of the molecule is COC(=O)c1c(NS(=O)(=O)c2ccc(NC(C)=O)cc2)sc2c1CCC(C(C)(C)C)C2. The average molecular weight is 465 g/mol. The molecule has 0 fully saturated rings. The van der Waals surface area contributed by atoms with Crippen LogP contribution in [0.4, 0.5) is 10.7 Å². The average Bonchev–Trinajstić information content (AvgIpc) is 3.02. The zero-order valence-electron chi connectivity index (χ0n) is 18.4. The van der Waals surface area contributed by atoms with Crippen molar-refractivity contribution in [2.75, 3.05) is 17.1 Å². The van der Waals surface area contributed by atoms with Crippen molar-refractivity contribution in [2.24, 2.45) is 11.3 Å². The van der Waals surface area contributed by atoms with E-state index in [4.69, 9.17) is 4.74 Å². The second kappa shape index (κ2) is 8.63. The van der Waals surface area contributed by atoms with Crippen LogP contribution < -0.4 is 10.0 Å². The Morgan fingerprint density at radius 3 is 2.35 bits per heavy atom. The van der Waals surface area contributed by atoms with Gasteiger partial charge in [0.25, 0.3) is 10.0 Å². The van der Waals surface area contributed by atoms with Gasteiger partial charge in [0.1, 0.15) is 5.00 Å². The molecule has 3 rings (SSSR count). The predicted octanol–water partition coefficient (Wildman–Crippen LogP) is 4.44. The second-order valence-electron chi connectivity index (χ2n) is 8.82. The molecule has 9 heteroatoms. The number of ether oxygens (including phenoxy) is 1. The van der Waals surface area contributed by atoms with Crippen molar-refractivity contribution in [2.45, 2.75) is 51.9 Å². The summed E-state index contributed by atoms with van der Waals surface area (Å²) in [6.07, 6.45) is 2.46. The van der Waals surface area contributed by atoms with E-state index in [0.29, 0.717) is 23.6 Å². The van der Waals surface area contributed by atoms with E-state index in [2.05, 4.69) is 30.8 Å². The normalized spacial score (nSPS) is 16.4. The lowest BCUT2D eigenvalue weighted by atomic mass is 9.72. The van der Waals surface area contributed by atoms with Crippen molar-refractivity contribution in [3.05, 3.63) is 40.3 Å². The molecule has 0 saturated heterocycles. The second-order valence-corrected chi connectivity index (χ2v) is 11.6. The maximum Gasteiger partial charge on any atom is 0.341 e. The van der Waals surface area contributed by atoms with Crippen molar-refractivity contribution < 1.29 is 22.7 Å². The monoisotopic (exact) mass is 464 g/mol. The first-order valence-corrected chi connectivity index (χ1v) is 12.4. The van der Waals surface area contributed by atoms with Gasteiger partial charge >= 0.3 is 5.97 Å². The van der Waals surface area contributed by atoms with Crippen molar-refractivity contribution in [1.82, 2.24) is 0 Å². The van der Waals surface area contributed by atoms with E-state index in [1.807, 2.05) is 0 Å². The van der Waals surface area contributed by atoms with Gasteiger partial charge in [-0.1, -0.05) is 20.8 Å². The van der Waals surface area contributed by atoms with Crippen molar-refractivity contribution >= 4 is 43.9 Å². The van der Waals surface area contributed by atoms with Crippen LogP contribution in [0, 0.1) is 11.3 Å². The summed E-state index contributed by atoms with van der Waals surface area (Å²) in [6.45, 7) is 7.98. The molecule has 0 saturated carbocycles. The third kappa shape index (κ3) is 5.10. The van der Waals surface area contributed by atoms with Crippen LogP contribution in [0.3, 0.4) is 0 Å². The third-order valence-corrected chi connectivity index (χ3v) is 8.26. The van der Waals surface area contributed by atoms with Crippen molar-refractivity contribution in [3.63, 3.8) is 0 Å². The smallest absolute Gasteiger partial charge is 0.341 e. The van der Waals surface area contributed by atoms with E-state index in [1.54, 1.807) is 0 Å². The Morgan fingerprint density at radius 1 is 1.16 bits per heavy atom. The van der Waals surface area contributed by atoms with Crippen LogP contribution in [0.25, 0.3) is 0 Å². The minimum Gasteiger partial charge on any atom is -0.465 e. The lowest BCUT2D eigenvalue weighted by Crippen LogP contribution is -2.26. The highest BCUT2D eigenvalue weighted by molar-refractivity contribution is 7.93. The van der Waals surface area contributed by atoms with Gasteiger partial charge < -0.3 is 10.1 Å². The molecule has 1 unspecified atom stereocenters. The summed E-state index contributed by atoms with van der Waals surface area (Å²) in [7, 11) is -2.63. The van der Waals surface area contributed by atoms with Gasteiger partial charge in [-0.05, 0) is 60.4 Å². The molecule has 0 aliphatic heterocycles. The Morgan fingerprint density at radius 2 is 1.81 bits per heavy atom. The zero-order chi connectivity index (χ0) is 23.0. The summed E-state index contributed by atoms with van der Waals surface area (Å²) in [5.74, 6) is -0.325. The number of thiophene rings is 1. The number of sulfonamides is 1. The van der Waals surface area contributed by atoms with Gasteiger partial charge in [0.15, 0.2) is 0 Å². The Balaban J connectivity index is 1.94. The van der Waals surface area contributed by atoms with Crippen LogP contribution in [-0.4, -0.2) is 27.4 Å². The van der Waals surface area contributed by atoms with E-state index in [0.717, 1.165) is 23.3 Å². The zero-order valence-corrected chi connectivity index (χ0v) is 20.0. The molecular weight excluding hydrogens is 436 g/mol. The summed E-state index contributed by atoms with van der Waals surface area (Å²) in [5, 5.41) is 2.89. The number of rotatable bonds is 5. The number of benzene rings is 1. The van der Waals surface area contributed by atoms with E-state index in [1.165, 1.54) is 49.6 Å². The molecule has 1 heterocycles. The number of hydrogen-bond acceptors (Lipinski definition) is 6. The molecular formula is C22H28N2O5S2.